The van der Waals surface area contributed by atoms with Crippen molar-refractivity contribution in [1.29, 1.82) is 0 Å². The van der Waals surface area contributed by atoms with Crippen LogP contribution in [-0.4, -0.2) is 21.8 Å². The van der Waals surface area contributed by atoms with Gasteiger partial charge in [-0.25, -0.2) is 4.79 Å². The zero-order valence-corrected chi connectivity index (χ0v) is 6.14. The van der Waals surface area contributed by atoms with E-state index in [4.69, 9.17) is 11.6 Å². The van der Waals surface area contributed by atoms with Crippen molar-refractivity contribution in [3.8, 4) is 0 Å². The molecule has 0 spiro atoms. The van der Waals surface area contributed by atoms with E-state index in [9.17, 15) is 4.79 Å². The summed E-state index contributed by atoms with van der Waals surface area (Å²) in [6.45, 7) is 0. The fraction of sp³-hybridized carbons (Fsp3) is 0.200. The van der Waals surface area contributed by atoms with E-state index in [0.29, 0.717) is 11.5 Å². The van der Waals surface area contributed by atoms with E-state index >= 15 is 0 Å². The van der Waals surface area contributed by atoms with E-state index in [-0.39, 0.29) is 5.69 Å². The molecule has 11 heavy (non-hydrogen) atoms. The quantitative estimate of drug-likeness (QED) is 0.383. The minimum Gasteiger partial charge on any atom is -0.336 e. The molecule has 0 aromatic carbocycles. The second-order valence-corrected chi connectivity index (χ2v) is 2.54. The number of hydrogen-bond acceptors (Lipinski definition) is 3. The number of halogens is 1. The number of fused-ring (bicyclic) bond motifs is 1. The Kier molecular flexibility index (Phi) is 1.25. The van der Waals surface area contributed by atoms with Gasteiger partial charge in [0.15, 0.2) is 5.62 Å². The predicted octanol–water partition coefficient (Wildman–Crippen LogP) is 0.0698. The number of anilines is 1. The van der Waals surface area contributed by atoms with E-state index in [0.717, 1.165) is 0 Å². The lowest BCUT2D eigenvalue weighted by atomic mass is 10.4. The summed E-state index contributed by atoms with van der Waals surface area (Å²) in [7, 11) is 0. The van der Waals surface area contributed by atoms with E-state index < -0.39 is 5.62 Å². The number of rotatable bonds is 0. The number of H-pyrrole nitrogens is 2. The fourth-order valence-electron chi connectivity index (χ4n) is 0.904. The molecule has 0 bridgehead atoms. The van der Waals surface area contributed by atoms with Crippen molar-refractivity contribution in [2.24, 2.45) is 4.99 Å². The zero-order valence-electron chi connectivity index (χ0n) is 5.39. The van der Waals surface area contributed by atoms with Gasteiger partial charge in [0.05, 0.1) is 6.21 Å². The average molecular weight is 173 g/mol. The Morgan fingerprint density at radius 2 is 2.36 bits per heavy atom. The van der Waals surface area contributed by atoms with Gasteiger partial charge >= 0.3 is 5.69 Å². The second-order valence-electron chi connectivity index (χ2n) is 2.13. The minimum atomic E-state index is -0.492. The molecule has 5 nitrogen and oxygen atoms in total. The molecule has 58 valence electrons. The lowest BCUT2D eigenvalue weighted by molar-refractivity contribution is 1.02. The van der Waals surface area contributed by atoms with Crippen LogP contribution in [0.15, 0.2) is 9.79 Å². The third-order valence-corrected chi connectivity index (χ3v) is 1.58. The lowest BCUT2D eigenvalue weighted by Crippen LogP contribution is -2.15. The highest BCUT2D eigenvalue weighted by Gasteiger charge is 2.12. The number of hydrogen-bond donors (Lipinski definition) is 3. The molecule has 1 aromatic rings. The van der Waals surface area contributed by atoms with Gasteiger partial charge in [0, 0.05) is 0 Å². The van der Waals surface area contributed by atoms with Crippen LogP contribution in [0.3, 0.4) is 0 Å². The number of nitrogens with one attached hydrogen (secondary N) is 3. The van der Waals surface area contributed by atoms with Gasteiger partial charge in [0.2, 0.25) is 0 Å². The number of aromatic amines is 2. The summed E-state index contributed by atoms with van der Waals surface area (Å²) in [4.78, 5) is 19.6. The molecular formula is C5H5ClN4O. The van der Waals surface area contributed by atoms with E-state index in [1.54, 1.807) is 0 Å². The van der Waals surface area contributed by atoms with Gasteiger partial charge in [-0.1, -0.05) is 11.6 Å². The second kappa shape index (κ2) is 2.13. The van der Waals surface area contributed by atoms with Crippen LogP contribution in [0.25, 0.3) is 0 Å². The average Bonchev–Trinajstić information content (AvgIpc) is 2.27. The molecule has 6 heteroatoms. The summed E-state index contributed by atoms with van der Waals surface area (Å²) in [5, 5.41) is 2.76. The topological polar surface area (TPSA) is 73.0 Å². The smallest absolute Gasteiger partial charge is 0.324 e. The predicted molar refractivity (Wildman–Crippen MR) is 42.3 cm³/mol. The Bertz CT molecular complexity index is 352. The van der Waals surface area contributed by atoms with Gasteiger partial charge in [-0.3, -0.25) is 9.98 Å². The first-order chi connectivity index (χ1) is 5.25. The number of aliphatic imine (C=N–C) groups is 1. The van der Waals surface area contributed by atoms with Crippen molar-refractivity contribution in [3.63, 3.8) is 0 Å². The summed E-state index contributed by atoms with van der Waals surface area (Å²) < 4.78 is 0. The molecule has 0 saturated carbocycles. The SMILES string of the molecule is O=c1[nH]c2c([nH]1)NC(Cl)N=C2. The molecule has 1 aromatic heterocycles. The summed E-state index contributed by atoms with van der Waals surface area (Å²) in [5.41, 5.74) is -0.124. The molecular weight excluding hydrogens is 168 g/mol. The Hall–Kier alpha value is -1.23. The van der Waals surface area contributed by atoms with Crippen molar-refractivity contribution in [1.82, 2.24) is 9.97 Å². The van der Waals surface area contributed by atoms with Crippen LogP contribution in [0.1, 0.15) is 5.69 Å². The van der Waals surface area contributed by atoms with Crippen molar-refractivity contribution < 1.29 is 0 Å². The summed E-state index contributed by atoms with van der Waals surface area (Å²) in [6.07, 6.45) is 1.52. The molecule has 1 atom stereocenters. The summed E-state index contributed by atoms with van der Waals surface area (Å²) in [5.74, 6) is 0.588. The van der Waals surface area contributed by atoms with Crippen molar-refractivity contribution >= 4 is 23.6 Å². The molecule has 0 saturated heterocycles. The maximum absolute atomic E-state index is 10.7. The van der Waals surface area contributed by atoms with Crippen LogP contribution >= 0.6 is 11.6 Å². The van der Waals surface area contributed by atoms with Crippen molar-refractivity contribution in [3.05, 3.63) is 16.2 Å². The molecule has 1 aliphatic rings. The highest BCUT2D eigenvalue weighted by molar-refractivity contribution is 6.22. The highest BCUT2D eigenvalue weighted by Crippen LogP contribution is 2.13. The van der Waals surface area contributed by atoms with Gasteiger partial charge in [-0.15, -0.1) is 0 Å². The minimum absolute atomic E-state index is 0.264. The van der Waals surface area contributed by atoms with Crippen molar-refractivity contribution in [2.75, 3.05) is 5.32 Å². The number of aromatic nitrogens is 2. The van der Waals surface area contributed by atoms with Crippen LogP contribution in [0.5, 0.6) is 0 Å². The van der Waals surface area contributed by atoms with Crippen LogP contribution in [-0.2, 0) is 0 Å². The maximum Gasteiger partial charge on any atom is 0.324 e. The van der Waals surface area contributed by atoms with E-state index in [2.05, 4.69) is 20.3 Å². The molecule has 0 aliphatic carbocycles. The van der Waals surface area contributed by atoms with Crippen LogP contribution < -0.4 is 11.0 Å². The summed E-state index contributed by atoms with van der Waals surface area (Å²) >= 11 is 5.61. The zero-order chi connectivity index (χ0) is 7.84. The summed E-state index contributed by atoms with van der Waals surface area (Å²) in [6, 6.07) is 0. The van der Waals surface area contributed by atoms with Crippen LogP contribution in [0.4, 0.5) is 5.82 Å². The van der Waals surface area contributed by atoms with Gasteiger partial charge < -0.3 is 10.3 Å². The van der Waals surface area contributed by atoms with Crippen LogP contribution in [0, 0.1) is 0 Å². The van der Waals surface area contributed by atoms with Gasteiger partial charge in [-0.05, 0) is 0 Å². The van der Waals surface area contributed by atoms with Gasteiger partial charge in [0.25, 0.3) is 0 Å². The molecule has 1 aliphatic heterocycles. The number of alkyl halides is 1. The van der Waals surface area contributed by atoms with Gasteiger partial charge in [0.1, 0.15) is 11.5 Å². The van der Waals surface area contributed by atoms with E-state index in [1.807, 2.05) is 0 Å². The molecule has 0 radical (unpaired) electrons. The van der Waals surface area contributed by atoms with E-state index in [1.165, 1.54) is 6.21 Å². The first-order valence-electron chi connectivity index (χ1n) is 3.02. The lowest BCUT2D eigenvalue weighted by Gasteiger charge is -2.11. The third-order valence-electron chi connectivity index (χ3n) is 1.35. The molecule has 0 fully saturated rings. The number of nitrogens with zero attached hydrogens (tertiary/aromatic N) is 1. The largest absolute Gasteiger partial charge is 0.336 e. The normalized spacial score (nSPS) is 21.0. The first kappa shape index (κ1) is 6.48. The molecule has 1 unspecified atom stereocenters. The third kappa shape index (κ3) is 1.03. The van der Waals surface area contributed by atoms with Gasteiger partial charge in [-0.2, -0.15) is 0 Å². The first-order valence-corrected chi connectivity index (χ1v) is 3.45. The van der Waals surface area contributed by atoms with Crippen LogP contribution in [0.2, 0.25) is 0 Å². The maximum atomic E-state index is 10.7. The molecule has 3 N–H and O–H groups in total. The Labute approximate surface area is 66.5 Å². The highest BCUT2D eigenvalue weighted by atomic mass is 35.5. The number of imidazole rings is 1. The Morgan fingerprint density at radius 1 is 1.55 bits per heavy atom. The van der Waals surface area contributed by atoms with Crippen molar-refractivity contribution in [2.45, 2.75) is 5.62 Å². The molecule has 0 amide bonds. The fourth-order valence-corrected chi connectivity index (χ4v) is 1.07. The Balaban J connectivity index is 2.52. The standard InChI is InChI=1S/C5H5ClN4O/c6-4-7-1-2-3(9-4)10-5(11)8-2/h1,4,9H,(H2,8,10,11). The molecule has 2 heterocycles. The Morgan fingerprint density at radius 3 is 3.18 bits per heavy atom. The monoisotopic (exact) mass is 172 g/mol. The molecule has 2 rings (SSSR count).